The second kappa shape index (κ2) is 5.03. The van der Waals surface area contributed by atoms with Gasteiger partial charge in [-0.3, -0.25) is 4.79 Å². The van der Waals surface area contributed by atoms with Crippen molar-refractivity contribution in [2.45, 2.75) is 37.9 Å². The molecule has 0 spiro atoms. The predicted molar refractivity (Wildman–Crippen MR) is 53.6 cm³/mol. The molecule has 16 heavy (non-hydrogen) atoms. The van der Waals surface area contributed by atoms with Crippen molar-refractivity contribution in [1.29, 1.82) is 0 Å². The van der Waals surface area contributed by atoms with Gasteiger partial charge in [0.05, 0.1) is 12.3 Å². The minimum Gasteiger partial charge on any atom is -0.345 e. The van der Waals surface area contributed by atoms with Gasteiger partial charge in [0, 0.05) is 19.6 Å². The van der Waals surface area contributed by atoms with E-state index in [4.69, 9.17) is 5.73 Å². The van der Waals surface area contributed by atoms with Gasteiger partial charge < -0.3 is 10.6 Å². The van der Waals surface area contributed by atoms with Crippen LogP contribution in [0, 0.1) is 5.92 Å². The van der Waals surface area contributed by atoms with Gasteiger partial charge in [-0.15, -0.1) is 0 Å². The number of nitrogens with two attached hydrogens (primary N) is 1. The summed E-state index contributed by atoms with van der Waals surface area (Å²) in [7, 11) is 1.40. The first-order valence-corrected chi connectivity index (χ1v) is 5.38. The van der Waals surface area contributed by atoms with Crippen LogP contribution in [0.2, 0.25) is 0 Å². The lowest BCUT2D eigenvalue weighted by molar-refractivity contribution is -0.146. The summed E-state index contributed by atoms with van der Waals surface area (Å²) in [5, 5.41) is 0. The highest BCUT2D eigenvalue weighted by molar-refractivity contribution is 5.79. The first-order chi connectivity index (χ1) is 7.31. The summed E-state index contributed by atoms with van der Waals surface area (Å²) >= 11 is 0. The van der Waals surface area contributed by atoms with Gasteiger partial charge in [0.2, 0.25) is 5.91 Å². The number of carbonyl (C=O) groups is 1. The van der Waals surface area contributed by atoms with E-state index in [9.17, 15) is 18.0 Å². The predicted octanol–water partition coefficient (Wildman–Crippen LogP) is 1.52. The average Bonchev–Trinajstić information content (AvgIpc) is 2.58. The second-order valence-electron chi connectivity index (χ2n) is 4.33. The van der Waals surface area contributed by atoms with Gasteiger partial charge >= 0.3 is 6.18 Å². The maximum Gasteiger partial charge on any atom is 0.390 e. The Balaban J connectivity index is 2.41. The monoisotopic (exact) mass is 238 g/mol. The highest BCUT2D eigenvalue weighted by Gasteiger charge is 2.34. The third-order valence-electron chi connectivity index (χ3n) is 2.99. The molecule has 3 nitrogen and oxygen atoms in total. The smallest absolute Gasteiger partial charge is 0.345 e. The topological polar surface area (TPSA) is 46.3 Å². The van der Waals surface area contributed by atoms with Crippen molar-refractivity contribution in [2.75, 3.05) is 13.6 Å². The first-order valence-electron chi connectivity index (χ1n) is 5.38. The van der Waals surface area contributed by atoms with Gasteiger partial charge in [-0.05, 0) is 12.8 Å². The van der Waals surface area contributed by atoms with Crippen molar-refractivity contribution >= 4 is 5.91 Å². The molecule has 2 unspecified atom stereocenters. The fraction of sp³-hybridized carbons (Fsp3) is 0.900. The summed E-state index contributed by atoms with van der Waals surface area (Å²) in [6, 6.07) is -0.194. The van der Waals surface area contributed by atoms with E-state index < -0.39 is 12.6 Å². The molecular formula is C10H17F3N2O. The maximum atomic E-state index is 12.0. The molecule has 0 radical (unpaired) electrons. The van der Waals surface area contributed by atoms with E-state index in [2.05, 4.69) is 0 Å². The van der Waals surface area contributed by atoms with Crippen LogP contribution in [0.3, 0.4) is 0 Å². The molecule has 1 aliphatic rings. The van der Waals surface area contributed by atoms with Crippen LogP contribution >= 0.6 is 0 Å². The molecule has 2 atom stereocenters. The highest BCUT2D eigenvalue weighted by atomic mass is 19.4. The minimum atomic E-state index is -4.22. The van der Waals surface area contributed by atoms with Gasteiger partial charge in [-0.25, -0.2) is 0 Å². The largest absolute Gasteiger partial charge is 0.390 e. The zero-order valence-electron chi connectivity index (χ0n) is 9.26. The molecule has 1 saturated carbocycles. The molecule has 0 aromatic carbocycles. The van der Waals surface area contributed by atoms with Gasteiger partial charge in [-0.2, -0.15) is 13.2 Å². The van der Waals surface area contributed by atoms with Crippen LogP contribution in [0.5, 0.6) is 0 Å². The van der Waals surface area contributed by atoms with E-state index in [-0.39, 0.29) is 24.4 Å². The Morgan fingerprint density at radius 1 is 1.44 bits per heavy atom. The lowest BCUT2D eigenvalue weighted by Gasteiger charge is -2.23. The number of carbonyl (C=O) groups excluding carboxylic acids is 1. The number of rotatable bonds is 3. The molecule has 1 rings (SSSR count). The number of alkyl halides is 3. The number of amides is 1. The van der Waals surface area contributed by atoms with E-state index in [1.807, 2.05) is 0 Å². The zero-order chi connectivity index (χ0) is 12.3. The SMILES string of the molecule is CN(CCC(F)(F)F)C(=O)C1CCCC1N. The van der Waals surface area contributed by atoms with E-state index in [0.29, 0.717) is 6.42 Å². The fourth-order valence-electron chi connectivity index (χ4n) is 1.98. The quantitative estimate of drug-likeness (QED) is 0.810. The van der Waals surface area contributed by atoms with Crippen LogP contribution in [0.25, 0.3) is 0 Å². The summed E-state index contributed by atoms with van der Waals surface area (Å²) in [5.41, 5.74) is 5.73. The number of nitrogens with zero attached hydrogens (tertiary/aromatic N) is 1. The number of halogens is 3. The van der Waals surface area contributed by atoms with Gasteiger partial charge in [0.15, 0.2) is 0 Å². The van der Waals surface area contributed by atoms with Crippen LogP contribution in [-0.2, 0) is 4.79 Å². The van der Waals surface area contributed by atoms with Crippen LogP contribution in [0.4, 0.5) is 13.2 Å². The molecule has 0 aromatic rings. The standard InChI is InChI=1S/C10H17F3N2O/c1-15(6-5-10(11,12)13)9(16)7-3-2-4-8(7)14/h7-8H,2-6,14H2,1H3. The van der Waals surface area contributed by atoms with Crippen molar-refractivity contribution in [3.05, 3.63) is 0 Å². The highest BCUT2D eigenvalue weighted by Crippen LogP contribution is 2.26. The maximum absolute atomic E-state index is 12.0. The summed E-state index contributed by atoms with van der Waals surface area (Å²) in [6.07, 6.45) is -2.83. The first kappa shape index (κ1) is 13.3. The lowest BCUT2D eigenvalue weighted by atomic mass is 10.0. The summed E-state index contributed by atoms with van der Waals surface area (Å²) < 4.78 is 35.9. The molecule has 1 amide bonds. The van der Waals surface area contributed by atoms with Crippen molar-refractivity contribution in [2.24, 2.45) is 11.7 Å². The molecule has 94 valence electrons. The van der Waals surface area contributed by atoms with E-state index in [1.165, 1.54) is 7.05 Å². The molecule has 0 aromatic heterocycles. The van der Waals surface area contributed by atoms with Gasteiger partial charge in [-0.1, -0.05) is 6.42 Å². The third kappa shape index (κ3) is 3.66. The summed E-state index contributed by atoms with van der Waals surface area (Å²) in [6.45, 7) is -0.286. The van der Waals surface area contributed by atoms with Gasteiger partial charge in [0.1, 0.15) is 0 Å². The van der Waals surface area contributed by atoms with Crippen molar-refractivity contribution in [1.82, 2.24) is 4.90 Å². The third-order valence-corrected chi connectivity index (χ3v) is 2.99. The van der Waals surface area contributed by atoms with E-state index in [1.54, 1.807) is 0 Å². The normalized spacial score (nSPS) is 25.8. The molecule has 0 heterocycles. The van der Waals surface area contributed by atoms with E-state index in [0.717, 1.165) is 17.7 Å². The fourth-order valence-corrected chi connectivity index (χ4v) is 1.98. The summed E-state index contributed by atoms with van der Waals surface area (Å²) in [4.78, 5) is 12.9. The van der Waals surface area contributed by atoms with Crippen LogP contribution in [-0.4, -0.2) is 36.6 Å². The van der Waals surface area contributed by atoms with Crippen molar-refractivity contribution in [3.63, 3.8) is 0 Å². The molecule has 1 fully saturated rings. The minimum absolute atomic E-state index is 0.194. The molecular weight excluding hydrogens is 221 g/mol. The molecule has 2 N–H and O–H groups in total. The van der Waals surface area contributed by atoms with E-state index >= 15 is 0 Å². The Bertz CT molecular complexity index is 255. The Labute approximate surface area is 92.8 Å². The average molecular weight is 238 g/mol. The Morgan fingerprint density at radius 3 is 2.50 bits per heavy atom. The molecule has 0 bridgehead atoms. The van der Waals surface area contributed by atoms with Crippen LogP contribution < -0.4 is 5.73 Å². The van der Waals surface area contributed by atoms with Crippen molar-refractivity contribution in [3.8, 4) is 0 Å². The number of hydrogen-bond donors (Lipinski definition) is 1. The second-order valence-corrected chi connectivity index (χ2v) is 4.33. The Hall–Kier alpha value is -0.780. The van der Waals surface area contributed by atoms with Crippen LogP contribution in [0.15, 0.2) is 0 Å². The molecule has 1 aliphatic carbocycles. The molecule has 0 aliphatic heterocycles. The number of hydrogen-bond acceptors (Lipinski definition) is 2. The Morgan fingerprint density at radius 2 is 2.06 bits per heavy atom. The Kier molecular flexibility index (Phi) is 4.18. The van der Waals surface area contributed by atoms with Gasteiger partial charge in [0.25, 0.3) is 0 Å². The van der Waals surface area contributed by atoms with Crippen molar-refractivity contribution < 1.29 is 18.0 Å². The summed E-state index contributed by atoms with van der Waals surface area (Å²) in [5.74, 6) is -0.549. The zero-order valence-corrected chi connectivity index (χ0v) is 9.26. The van der Waals surface area contributed by atoms with Crippen LogP contribution in [0.1, 0.15) is 25.7 Å². The molecule has 6 heteroatoms. The molecule has 0 saturated heterocycles. The lowest BCUT2D eigenvalue weighted by Crippen LogP contribution is -2.40.